The summed E-state index contributed by atoms with van der Waals surface area (Å²) in [5, 5.41) is 11.4. The molecule has 0 aliphatic heterocycles. The molecule has 5 nitrogen and oxygen atoms in total. The van der Waals surface area contributed by atoms with Gasteiger partial charge in [-0.3, -0.25) is 9.78 Å². The van der Waals surface area contributed by atoms with Gasteiger partial charge >= 0.3 is 5.97 Å². The molecule has 1 aromatic heterocycles. The number of nitrogens with one attached hydrogen (secondary N) is 1. The SMILES string of the molecule is O=C(O)C=Cc1cccc(CNC(=O)c2ccccn2)c1. The molecule has 2 aromatic rings. The smallest absolute Gasteiger partial charge is 0.328 e. The van der Waals surface area contributed by atoms with Gasteiger partial charge in [-0.2, -0.15) is 0 Å². The molecule has 0 saturated carbocycles. The first-order valence-electron chi connectivity index (χ1n) is 6.34. The minimum atomic E-state index is -0.996. The second-order valence-corrected chi connectivity index (χ2v) is 4.31. The molecule has 0 unspecified atom stereocenters. The summed E-state index contributed by atoms with van der Waals surface area (Å²) >= 11 is 0. The summed E-state index contributed by atoms with van der Waals surface area (Å²) in [5.74, 6) is -1.24. The molecule has 2 rings (SSSR count). The number of carbonyl (C=O) groups is 2. The molecule has 1 aromatic carbocycles. The predicted octanol–water partition coefficient (Wildman–Crippen LogP) is 2.11. The van der Waals surface area contributed by atoms with E-state index in [2.05, 4.69) is 10.3 Å². The van der Waals surface area contributed by atoms with E-state index in [1.54, 1.807) is 30.5 Å². The first-order valence-corrected chi connectivity index (χ1v) is 6.34. The molecule has 0 aliphatic carbocycles. The van der Waals surface area contributed by atoms with E-state index in [0.717, 1.165) is 17.2 Å². The molecule has 0 aliphatic rings. The van der Waals surface area contributed by atoms with Gasteiger partial charge < -0.3 is 10.4 Å². The van der Waals surface area contributed by atoms with Crippen LogP contribution in [0.15, 0.2) is 54.7 Å². The van der Waals surface area contributed by atoms with Crippen molar-refractivity contribution in [2.45, 2.75) is 6.54 Å². The highest BCUT2D eigenvalue weighted by Gasteiger charge is 2.05. The highest BCUT2D eigenvalue weighted by Crippen LogP contribution is 2.07. The Bertz CT molecular complexity index is 666. The van der Waals surface area contributed by atoms with E-state index in [-0.39, 0.29) is 5.91 Å². The van der Waals surface area contributed by atoms with Crippen molar-refractivity contribution in [2.24, 2.45) is 0 Å². The molecule has 0 spiro atoms. The van der Waals surface area contributed by atoms with Crippen molar-refractivity contribution in [2.75, 3.05) is 0 Å². The Morgan fingerprint density at radius 2 is 2.05 bits per heavy atom. The molecule has 0 saturated heterocycles. The zero-order valence-corrected chi connectivity index (χ0v) is 11.2. The number of hydrogen-bond acceptors (Lipinski definition) is 3. The Morgan fingerprint density at radius 1 is 1.19 bits per heavy atom. The highest BCUT2D eigenvalue weighted by molar-refractivity contribution is 5.92. The van der Waals surface area contributed by atoms with Crippen molar-refractivity contribution >= 4 is 18.0 Å². The van der Waals surface area contributed by atoms with Crippen LogP contribution < -0.4 is 5.32 Å². The number of pyridine rings is 1. The largest absolute Gasteiger partial charge is 0.478 e. The number of amides is 1. The van der Waals surface area contributed by atoms with E-state index in [1.807, 2.05) is 18.2 Å². The summed E-state index contributed by atoms with van der Waals surface area (Å²) in [4.78, 5) is 26.3. The van der Waals surface area contributed by atoms with E-state index >= 15 is 0 Å². The number of carboxylic acids is 1. The van der Waals surface area contributed by atoms with Gasteiger partial charge in [0, 0.05) is 18.8 Å². The van der Waals surface area contributed by atoms with Gasteiger partial charge in [-0.05, 0) is 35.4 Å². The van der Waals surface area contributed by atoms with Gasteiger partial charge in [-0.1, -0.05) is 24.3 Å². The molecule has 0 radical (unpaired) electrons. The first-order chi connectivity index (χ1) is 10.1. The monoisotopic (exact) mass is 282 g/mol. The fraction of sp³-hybridized carbons (Fsp3) is 0.0625. The van der Waals surface area contributed by atoms with Crippen LogP contribution in [-0.2, 0) is 11.3 Å². The number of nitrogens with zero attached hydrogens (tertiary/aromatic N) is 1. The van der Waals surface area contributed by atoms with Gasteiger partial charge in [0.25, 0.3) is 5.91 Å². The average molecular weight is 282 g/mol. The third-order valence-corrected chi connectivity index (χ3v) is 2.72. The van der Waals surface area contributed by atoms with Crippen LogP contribution in [0.5, 0.6) is 0 Å². The summed E-state index contributed by atoms with van der Waals surface area (Å²) in [6.07, 6.45) is 4.14. The quantitative estimate of drug-likeness (QED) is 0.823. The molecule has 1 amide bonds. The Labute approximate surface area is 122 Å². The van der Waals surface area contributed by atoms with E-state index in [0.29, 0.717) is 12.2 Å². The number of aliphatic carboxylic acids is 1. The van der Waals surface area contributed by atoms with Crippen molar-refractivity contribution in [3.8, 4) is 0 Å². The summed E-state index contributed by atoms with van der Waals surface area (Å²) in [6, 6.07) is 12.4. The fourth-order valence-electron chi connectivity index (χ4n) is 1.74. The molecule has 0 atom stereocenters. The zero-order chi connectivity index (χ0) is 15.1. The number of carbonyl (C=O) groups excluding carboxylic acids is 1. The summed E-state index contributed by atoms with van der Waals surface area (Å²) in [7, 11) is 0. The van der Waals surface area contributed by atoms with E-state index in [4.69, 9.17) is 5.11 Å². The standard InChI is InChI=1S/C16H14N2O3/c19-15(20)8-7-12-4-3-5-13(10-12)11-18-16(21)14-6-1-2-9-17-14/h1-10H,11H2,(H,18,21)(H,19,20). The molecular weight excluding hydrogens is 268 g/mol. The number of benzene rings is 1. The number of carboxylic acid groups (broad SMARTS) is 1. The molecule has 2 N–H and O–H groups in total. The Kier molecular flexibility index (Phi) is 4.82. The molecule has 21 heavy (non-hydrogen) atoms. The van der Waals surface area contributed by atoms with Crippen LogP contribution in [0, 0.1) is 0 Å². The highest BCUT2D eigenvalue weighted by atomic mass is 16.4. The van der Waals surface area contributed by atoms with Crippen LogP contribution in [0.3, 0.4) is 0 Å². The summed E-state index contributed by atoms with van der Waals surface area (Å²) in [6.45, 7) is 0.351. The lowest BCUT2D eigenvalue weighted by Gasteiger charge is -2.05. The Hall–Kier alpha value is -2.95. The zero-order valence-electron chi connectivity index (χ0n) is 11.2. The van der Waals surface area contributed by atoms with Crippen LogP contribution >= 0.6 is 0 Å². The Morgan fingerprint density at radius 3 is 2.76 bits per heavy atom. The maximum Gasteiger partial charge on any atom is 0.328 e. The fourth-order valence-corrected chi connectivity index (χ4v) is 1.74. The second kappa shape index (κ2) is 7.00. The second-order valence-electron chi connectivity index (χ2n) is 4.31. The van der Waals surface area contributed by atoms with Gasteiger partial charge in [-0.15, -0.1) is 0 Å². The summed E-state index contributed by atoms with van der Waals surface area (Å²) in [5.41, 5.74) is 2.01. The van der Waals surface area contributed by atoms with Gasteiger partial charge in [0.1, 0.15) is 5.69 Å². The van der Waals surface area contributed by atoms with Gasteiger partial charge in [0.2, 0.25) is 0 Å². The third-order valence-electron chi connectivity index (χ3n) is 2.72. The first kappa shape index (κ1) is 14.5. The van der Waals surface area contributed by atoms with Crippen LogP contribution in [0.2, 0.25) is 0 Å². The van der Waals surface area contributed by atoms with Gasteiger partial charge in [0.05, 0.1) is 0 Å². The van der Waals surface area contributed by atoms with E-state index in [1.165, 1.54) is 6.08 Å². The number of rotatable bonds is 5. The number of aromatic nitrogens is 1. The predicted molar refractivity (Wildman–Crippen MR) is 78.5 cm³/mol. The molecule has 1 heterocycles. The minimum Gasteiger partial charge on any atom is -0.478 e. The molecule has 106 valence electrons. The van der Waals surface area contributed by atoms with Crippen molar-refractivity contribution in [1.82, 2.24) is 10.3 Å². The van der Waals surface area contributed by atoms with E-state index in [9.17, 15) is 9.59 Å². The molecule has 0 fully saturated rings. The van der Waals surface area contributed by atoms with Crippen molar-refractivity contribution in [1.29, 1.82) is 0 Å². The summed E-state index contributed by atoms with van der Waals surface area (Å²) < 4.78 is 0. The minimum absolute atomic E-state index is 0.248. The third kappa shape index (κ3) is 4.58. The maximum absolute atomic E-state index is 11.9. The number of hydrogen-bond donors (Lipinski definition) is 2. The van der Waals surface area contributed by atoms with Gasteiger partial charge in [0.15, 0.2) is 0 Å². The lowest BCUT2D eigenvalue weighted by atomic mass is 10.1. The molecular formula is C16H14N2O3. The lowest BCUT2D eigenvalue weighted by molar-refractivity contribution is -0.131. The maximum atomic E-state index is 11.9. The van der Waals surface area contributed by atoms with E-state index < -0.39 is 5.97 Å². The normalized spacial score (nSPS) is 10.5. The topological polar surface area (TPSA) is 79.3 Å². The van der Waals surface area contributed by atoms with Crippen molar-refractivity contribution in [3.05, 3.63) is 71.6 Å². The van der Waals surface area contributed by atoms with Crippen LogP contribution in [0.25, 0.3) is 6.08 Å². The lowest BCUT2D eigenvalue weighted by Crippen LogP contribution is -2.23. The van der Waals surface area contributed by atoms with Gasteiger partial charge in [-0.25, -0.2) is 4.79 Å². The Balaban J connectivity index is 1.99. The molecule has 5 heteroatoms. The van der Waals surface area contributed by atoms with Crippen LogP contribution in [0.1, 0.15) is 21.6 Å². The van der Waals surface area contributed by atoms with Crippen LogP contribution in [0.4, 0.5) is 0 Å². The van der Waals surface area contributed by atoms with Crippen molar-refractivity contribution in [3.63, 3.8) is 0 Å². The van der Waals surface area contributed by atoms with Crippen LogP contribution in [-0.4, -0.2) is 22.0 Å². The average Bonchev–Trinajstić information content (AvgIpc) is 2.52. The van der Waals surface area contributed by atoms with Crippen molar-refractivity contribution < 1.29 is 14.7 Å². The molecule has 0 bridgehead atoms.